The first-order chi connectivity index (χ1) is 19.5. The van der Waals surface area contributed by atoms with Gasteiger partial charge in [0.2, 0.25) is 18.4 Å². The molecule has 0 atom stereocenters. The first-order valence-electron chi connectivity index (χ1n) is 11.6. The number of hydrogen-bond acceptors (Lipinski definition) is 9. The maximum atomic E-state index is 13.0. The van der Waals surface area contributed by atoms with Crippen molar-refractivity contribution in [3.05, 3.63) is 86.8 Å². The van der Waals surface area contributed by atoms with Gasteiger partial charge in [-0.1, -0.05) is 12.1 Å². The molecule has 0 unspecified atom stereocenters. The summed E-state index contributed by atoms with van der Waals surface area (Å²) in [5.41, 5.74) is -1.35. The number of nitrogens with one attached hydrogen (secondary N) is 1. The molecule has 2 aliphatic heterocycles. The third-order valence-electron chi connectivity index (χ3n) is 5.70. The number of halogens is 3. The summed E-state index contributed by atoms with van der Waals surface area (Å²) in [5, 5.41) is 13.3. The van der Waals surface area contributed by atoms with Crippen molar-refractivity contribution in [1.29, 1.82) is 0 Å². The summed E-state index contributed by atoms with van der Waals surface area (Å²) in [4.78, 5) is 49.0. The summed E-state index contributed by atoms with van der Waals surface area (Å²) in [6.07, 6.45) is -3.42. The van der Waals surface area contributed by atoms with Gasteiger partial charge in [-0.2, -0.15) is 13.2 Å². The molecular formula is C26H16F3N3O8S. The van der Waals surface area contributed by atoms with E-state index in [1.807, 2.05) is 0 Å². The minimum absolute atomic E-state index is 0.00328. The van der Waals surface area contributed by atoms with Crippen LogP contribution in [-0.2, 0) is 15.8 Å². The fourth-order valence-corrected chi connectivity index (χ4v) is 4.66. The number of amides is 3. The van der Waals surface area contributed by atoms with Crippen LogP contribution in [0, 0.1) is 10.1 Å². The molecule has 15 heteroatoms. The fraction of sp³-hybridized carbons (Fsp3) is 0.115. The highest BCUT2D eigenvalue weighted by molar-refractivity contribution is 8.18. The second kappa shape index (κ2) is 10.8. The van der Waals surface area contributed by atoms with E-state index in [9.17, 15) is 37.7 Å². The molecule has 1 N–H and O–H groups in total. The molecule has 0 bridgehead atoms. The Morgan fingerprint density at radius 3 is 2.63 bits per heavy atom. The normalized spacial score (nSPS) is 15.4. The Labute approximate surface area is 232 Å². The molecule has 0 saturated carbocycles. The van der Waals surface area contributed by atoms with Gasteiger partial charge in [-0.25, -0.2) is 0 Å². The van der Waals surface area contributed by atoms with Gasteiger partial charge in [0.1, 0.15) is 12.3 Å². The quantitative estimate of drug-likeness (QED) is 0.206. The maximum absolute atomic E-state index is 13.0. The zero-order valence-electron chi connectivity index (χ0n) is 20.5. The number of thioether (sulfide) groups is 1. The van der Waals surface area contributed by atoms with Gasteiger partial charge >= 0.3 is 11.9 Å². The molecule has 0 spiro atoms. The van der Waals surface area contributed by atoms with E-state index in [1.165, 1.54) is 24.3 Å². The van der Waals surface area contributed by atoms with Gasteiger partial charge in [0.25, 0.3) is 11.1 Å². The van der Waals surface area contributed by atoms with Gasteiger partial charge < -0.3 is 19.5 Å². The van der Waals surface area contributed by atoms with Gasteiger partial charge in [0, 0.05) is 17.8 Å². The number of carbonyl (C=O) groups is 3. The molecule has 3 aromatic rings. The smallest absolute Gasteiger partial charge is 0.416 e. The Morgan fingerprint density at radius 1 is 1.10 bits per heavy atom. The van der Waals surface area contributed by atoms with Crippen molar-refractivity contribution in [1.82, 2.24) is 4.90 Å². The van der Waals surface area contributed by atoms with E-state index in [0.29, 0.717) is 46.6 Å². The van der Waals surface area contributed by atoms with Crippen LogP contribution in [0.4, 0.5) is 29.3 Å². The lowest BCUT2D eigenvalue weighted by atomic mass is 10.1. The molecule has 1 saturated heterocycles. The average Bonchev–Trinajstić information content (AvgIpc) is 3.48. The van der Waals surface area contributed by atoms with Crippen LogP contribution in [0.25, 0.3) is 6.08 Å². The van der Waals surface area contributed by atoms with Crippen LogP contribution in [0.1, 0.15) is 11.1 Å². The molecule has 2 aliphatic rings. The number of rotatable bonds is 7. The zero-order chi connectivity index (χ0) is 29.3. The number of alkyl halides is 3. The SMILES string of the molecule is O=C(CN1C(=O)S/C(=C/c2cccc(Oc3ccc(C(F)(F)F)cc3[N+](=O)[O-])c2)C1=O)Nc1ccc2c(c1)OCO2. The van der Waals surface area contributed by atoms with Crippen molar-refractivity contribution in [3.63, 3.8) is 0 Å². The Balaban J connectivity index is 1.28. The third kappa shape index (κ3) is 6.09. The molecule has 0 aliphatic carbocycles. The highest BCUT2D eigenvalue weighted by atomic mass is 32.2. The highest BCUT2D eigenvalue weighted by Gasteiger charge is 2.36. The Bertz CT molecular complexity index is 1630. The van der Waals surface area contributed by atoms with Gasteiger partial charge in [0.15, 0.2) is 11.5 Å². The number of benzene rings is 3. The number of ether oxygens (including phenoxy) is 3. The van der Waals surface area contributed by atoms with Crippen molar-refractivity contribution in [2.24, 2.45) is 0 Å². The first kappa shape index (κ1) is 27.5. The van der Waals surface area contributed by atoms with E-state index in [0.717, 1.165) is 11.0 Å². The molecule has 11 nitrogen and oxygen atoms in total. The van der Waals surface area contributed by atoms with Crippen LogP contribution in [0.5, 0.6) is 23.0 Å². The van der Waals surface area contributed by atoms with E-state index in [1.54, 1.807) is 24.3 Å². The minimum atomic E-state index is -4.78. The Hall–Kier alpha value is -5.05. The van der Waals surface area contributed by atoms with Crippen LogP contribution < -0.4 is 19.5 Å². The van der Waals surface area contributed by atoms with Crippen LogP contribution in [0.2, 0.25) is 0 Å². The summed E-state index contributed by atoms with van der Waals surface area (Å²) in [6.45, 7) is -0.489. The van der Waals surface area contributed by atoms with Crippen molar-refractivity contribution < 1.29 is 46.7 Å². The van der Waals surface area contributed by atoms with Gasteiger partial charge in [-0.15, -0.1) is 0 Å². The molecule has 3 amide bonds. The molecule has 210 valence electrons. The van der Waals surface area contributed by atoms with Crippen LogP contribution in [0.15, 0.2) is 65.6 Å². The summed E-state index contributed by atoms with van der Waals surface area (Å²) in [6, 6.07) is 12.4. The average molecular weight is 587 g/mol. The van der Waals surface area contributed by atoms with Crippen LogP contribution >= 0.6 is 11.8 Å². The topological polar surface area (TPSA) is 137 Å². The van der Waals surface area contributed by atoms with Gasteiger partial charge in [-0.05, 0) is 59.8 Å². The van der Waals surface area contributed by atoms with Crippen molar-refractivity contribution in [2.45, 2.75) is 6.18 Å². The molecule has 2 heterocycles. The van der Waals surface area contributed by atoms with Crippen molar-refractivity contribution in [2.75, 3.05) is 18.7 Å². The number of fused-ring (bicyclic) bond motifs is 1. The molecule has 3 aromatic carbocycles. The second-order valence-electron chi connectivity index (χ2n) is 8.50. The highest BCUT2D eigenvalue weighted by Crippen LogP contribution is 2.39. The van der Waals surface area contributed by atoms with Crippen LogP contribution in [0.3, 0.4) is 0 Å². The number of nitro groups is 1. The summed E-state index contributed by atoms with van der Waals surface area (Å²) < 4.78 is 54.9. The number of anilines is 1. The van der Waals surface area contributed by atoms with E-state index in [2.05, 4.69) is 5.32 Å². The largest absolute Gasteiger partial charge is 0.454 e. The van der Waals surface area contributed by atoms with E-state index in [-0.39, 0.29) is 17.4 Å². The zero-order valence-corrected chi connectivity index (χ0v) is 21.3. The van der Waals surface area contributed by atoms with Crippen molar-refractivity contribution in [3.8, 4) is 23.0 Å². The third-order valence-corrected chi connectivity index (χ3v) is 6.61. The molecule has 0 radical (unpaired) electrons. The second-order valence-corrected chi connectivity index (χ2v) is 9.49. The maximum Gasteiger partial charge on any atom is 0.416 e. The Morgan fingerprint density at radius 2 is 1.88 bits per heavy atom. The lowest BCUT2D eigenvalue weighted by molar-refractivity contribution is -0.385. The van der Waals surface area contributed by atoms with Crippen molar-refractivity contribution >= 4 is 46.3 Å². The van der Waals surface area contributed by atoms with E-state index >= 15 is 0 Å². The minimum Gasteiger partial charge on any atom is -0.454 e. The predicted molar refractivity (Wildman–Crippen MR) is 138 cm³/mol. The lowest BCUT2D eigenvalue weighted by Crippen LogP contribution is -2.36. The van der Waals surface area contributed by atoms with E-state index < -0.39 is 51.7 Å². The summed E-state index contributed by atoms with van der Waals surface area (Å²) in [5.74, 6) is -0.772. The number of carbonyl (C=O) groups excluding carboxylic acids is 3. The van der Waals surface area contributed by atoms with Gasteiger partial charge in [0.05, 0.1) is 15.4 Å². The van der Waals surface area contributed by atoms with E-state index in [4.69, 9.17) is 14.2 Å². The first-order valence-corrected chi connectivity index (χ1v) is 12.4. The van der Waals surface area contributed by atoms with Crippen LogP contribution in [-0.4, -0.2) is 40.2 Å². The fourth-order valence-electron chi connectivity index (χ4n) is 3.82. The molecule has 1 fully saturated rings. The molecule has 41 heavy (non-hydrogen) atoms. The monoisotopic (exact) mass is 587 g/mol. The molecule has 0 aromatic heterocycles. The van der Waals surface area contributed by atoms with Gasteiger partial charge in [-0.3, -0.25) is 29.4 Å². The molecule has 5 rings (SSSR count). The summed E-state index contributed by atoms with van der Waals surface area (Å²) >= 11 is 0.607. The number of hydrogen-bond donors (Lipinski definition) is 1. The lowest BCUT2D eigenvalue weighted by Gasteiger charge is -2.12. The summed E-state index contributed by atoms with van der Waals surface area (Å²) in [7, 11) is 0. The Kier molecular flexibility index (Phi) is 7.28. The number of nitrogens with zero attached hydrogens (tertiary/aromatic N) is 2. The predicted octanol–water partition coefficient (Wildman–Crippen LogP) is 5.81. The number of imide groups is 1. The standard InChI is InChI=1S/C26H16F3N3O8S/c27-26(28,29)15-4-6-19(18(10-15)32(36)37)40-17-3-1-2-14(8-17)9-22-24(34)31(25(35)41-22)12-23(33)30-16-5-7-20-21(11-16)39-13-38-20/h1-11H,12-13H2,(H,30,33)/b22-9+. The number of nitro benzene ring substituents is 1. The molecular weight excluding hydrogens is 571 g/mol.